The highest BCUT2D eigenvalue weighted by molar-refractivity contribution is 5.89. The van der Waals surface area contributed by atoms with E-state index in [4.69, 9.17) is 23.7 Å². The summed E-state index contributed by atoms with van der Waals surface area (Å²) in [4.78, 5) is 39.6. The predicted molar refractivity (Wildman–Crippen MR) is 252 cm³/mol. The fourth-order valence-corrected chi connectivity index (χ4v) is 15.4. The number of allylic oxidation sites excluding steroid dienone is 3. The molecule has 6 aliphatic carbocycles. The molecular formula is C53H82O17. The lowest BCUT2D eigenvalue weighted by atomic mass is 9.32. The van der Waals surface area contributed by atoms with Gasteiger partial charge in [0.15, 0.2) is 18.5 Å². The molecule has 17 nitrogen and oxygen atoms in total. The van der Waals surface area contributed by atoms with Gasteiger partial charge < -0.3 is 69.6 Å². The fraction of sp³-hybridized carbons (Fsp3) is 0.830. The van der Waals surface area contributed by atoms with Crippen LogP contribution in [0.1, 0.15) is 128 Å². The summed E-state index contributed by atoms with van der Waals surface area (Å²) < 4.78 is 31.7. The maximum atomic E-state index is 13.8. The molecule has 1 aliphatic heterocycles. The maximum absolute atomic E-state index is 13.8. The molecule has 21 atom stereocenters. The van der Waals surface area contributed by atoms with Crippen molar-refractivity contribution in [2.75, 3.05) is 13.2 Å². The van der Waals surface area contributed by atoms with Gasteiger partial charge in [-0.15, -0.1) is 0 Å². The highest BCUT2D eigenvalue weighted by Crippen LogP contribution is 2.76. The van der Waals surface area contributed by atoms with Gasteiger partial charge in [0.2, 0.25) is 0 Å². The van der Waals surface area contributed by atoms with Crippen LogP contribution in [0.25, 0.3) is 0 Å². The van der Waals surface area contributed by atoms with Crippen molar-refractivity contribution in [1.82, 2.24) is 0 Å². The summed E-state index contributed by atoms with van der Waals surface area (Å²) in [5.74, 6) is -4.11. The second-order valence-electron chi connectivity index (χ2n) is 24.1. The van der Waals surface area contributed by atoms with E-state index in [-0.39, 0.29) is 30.1 Å². The van der Waals surface area contributed by atoms with E-state index in [0.717, 1.165) is 5.57 Å². The zero-order valence-corrected chi connectivity index (χ0v) is 42.9. The molecule has 7 rings (SSSR count). The van der Waals surface area contributed by atoms with Crippen LogP contribution in [0, 0.1) is 56.2 Å². The molecule has 5 saturated carbocycles. The van der Waals surface area contributed by atoms with Crippen LogP contribution >= 0.6 is 0 Å². The van der Waals surface area contributed by atoms with E-state index < -0.39 is 150 Å². The predicted octanol–water partition coefficient (Wildman–Crippen LogP) is 3.49. The summed E-state index contributed by atoms with van der Waals surface area (Å²) in [6.07, 6.45) is -8.56. The molecule has 6 fully saturated rings. The lowest BCUT2D eigenvalue weighted by molar-refractivity contribution is -0.324. The van der Waals surface area contributed by atoms with E-state index in [1.807, 2.05) is 20.8 Å². The summed E-state index contributed by atoms with van der Waals surface area (Å²) in [5.41, 5.74) is -3.56. The van der Waals surface area contributed by atoms with Crippen LogP contribution in [-0.4, -0.2) is 157 Å². The van der Waals surface area contributed by atoms with Gasteiger partial charge in [0.1, 0.15) is 24.4 Å². The minimum atomic E-state index is -1.66. The van der Waals surface area contributed by atoms with Gasteiger partial charge in [-0.3, -0.25) is 0 Å². The number of carboxylic acids is 1. The monoisotopic (exact) mass is 991 g/mol. The van der Waals surface area contributed by atoms with Crippen LogP contribution in [0.2, 0.25) is 0 Å². The Kier molecular flexibility index (Phi) is 15.3. The quantitative estimate of drug-likeness (QED) is 0.0620. The summed E-state index contributed by atoms with van der Waals surface area (Å²) >= 11 is 0. The summed E-state index contributed by atoms with van der Waals surface area (Å²) in [5, 5.41) is 100. The number of carbonyl (C=O) groups excluding carboxylic acids is 2. The molecule has 1 saturated heterocycles. The standard InChI is InChI=1S/C53H82O17/c1-12-25(3)45(64)69-42-43(70-46(65)26(4)13-2)53(24-55)29(22-48(42,5)6)28-14-15-34-50(9)18-17-35(49(7,8)33(50)16-19-51(34,10)52(28,11)40(60)41(53)61)67-47-32(21-30(56)39(68-47)44(62)63)66-31-20-27(23-54)36(57)38(59)37(31)58/h12-14,27,29-43,47,54-61H,15-24H2,1-11H3,(H,62,63)/b25-12-,26-13-/t27?,29?,30-,31-,32?,33?,34?,35+,36+,37?,38+,39?,40+,41-,42+,43+,47-,50+,51-,52+,53+/m1/s1. The van der Waals surface area contributed by atoms with E-state index in [0.29, 0.717) is 49.7 Å². The van der Waals surface area contributed by atoms with Crippen molar-refractivity contribution < 1.29 is 84.0 Å². The van der Waals surface area contributed by atoms with Gasteiger partial charge in [0, 0.05) is 40.9 Å². The van der Waals surface area contributed by atoms with Crippen molar-refractivity contribution in [2.45, 2.75) is 207 Å². The largest absolute Gasteiger partial charge is 0.479 e. The normalized spacial score (nSPS) is 47.9. The molecule has 0 aromatic heterocycles. The first-order valence-corrected chi connectivity index (χ1v) is 25.5. The number of fused-ring (bicyclic) bond motifs is 7. The van der Waals surface area contributed by atoms with Gasteiger partial charge in [-0.05, 0) is 107 Å². The molecule has 0 aromatic carbocycles. The van der Waals surface area contributed by atoms with Gasteiger partial charge in [-0.2, -0.15) is 0 Å². The van der Waals surface area contributed by atoms with Crippen LogP contribution < -0.4 is 0 Å². The Balaban J connectivity index is 1.22. The number of aliphatic hydroxyl groups excluding tert-OH is 8. The van der Waals surface area contributed by atoms with Gasteiger partial charge in [0.25, 0.3) is 0 Å². The number of carboxylic acid groups (broad SMARTS) is 1. The minimum Gasteiger partial charge on any atom is -0.479 e. The third-order valence-electron chi connectivity index (χ3n) is 20.0. The highest BCUT2D eigenvalue weighted by atomic mass is 16.7. The van der Waals surface area contributed by atoms with E-state index in [1.54, 1.807) is 39.8 Å². The Hall–Kier alpha value is -2.81. The van der Waals surface area contributed by atoms with Crippen LogP contribution in [-0.2, 0) is 38.1 Å². The number of ether oxygens (including phenoxy) is 5. The zero-order chi connectivity index (χ0) is 52.0. The second-order valence-corrected chi connectivity index (χ2v) is 24.1. The molecule has 396 valence electrons. The lowest BCUT2D eigenvalue weighted by Crippen LogP contribution is -2.76. The molecule has 17 heteroatoms. The summed E-state index contributed by atoms with van der Waals surface area (Å²) in [7, 11) is 0. The Bertz CT molecular complexity index is 2080. The smallest absolute Gasteiger partial charge is 0.335 e. The Labute approximate surface area is 412 Å². The molecule has 7 aliphatic rings. The lowest BCUT2D eigenvalue weighted by Gasteiger charge is -2.73. The van der Waals surface area contributed by atoms with E-state index in [1.165, 1.54) is 0 Å². The number of aliphatic carboxylic acids is 1. The van der Waals surface area contributed by atoms with Crippen molar-refractivity contribution in [2.24, 2.45) is 56.2 Å². The third kappa shape index (κ3) is 8.37. The maximum Gasteiger partial charge on any atom is 0.335 e. The number of rotatable bonds is 11. The SMILES string of the molecule is C/C=C(/C)C(=O)O[C@H]1[C@H](OC(=O)/C(C)=C\C)[C@@]2(CO)C(CC1(C)C)C1=CCC3[C@@]4(C)CC[C@H](O[C@@H]5OC(C(=O)O)[C@H](O)CC5O[C@@H]5CC(CO)[C@H](O)[C@H](O)C5O)C(C)(C)C4CC[C@@]3(C)[C@]1(C)[C@@H](O)[C@H]2O. The number of aliphatic hydroxyl groups is 8. The van der Waals surface area contributed by atoms with E-state index in [2.05, 4.69) is 33.8 Å². The Morgan fingerprint density at radius 1 is 0.757 bits per heavy atom. The molecule has 70 heavy (non-hydrogen) atoms. The molecule has 9 N–H and O–H groups in total. The molecule has 0 aromatic rings. The molecule has 7 unspecified atom stereocenters. The first kappa shape index (κ1) is 55.0. The molecule has 0 spiro atoms. The van der Waals surface area contributed by atoms with Crippen molar-refractivity contribution in [1.29, 1.82) is 0 Å². The van der Waals surface area contributed by atoms with Gasteiger partial charge in [-0.1, -0.05) is 72.3 Å². The van der Waals surface area contributed by atoms with Crippen molar-refractivity contribution >= 4 is 17.9 Å². The highest BCUT2D eigenvalue weighted by Gasteiger charge is 2.76. The minimum absolute atomic E-state index is 0.0202. The Morgan fingerprint density at radius 3 is 1.94 bits per heavy atom. The summed E-state index contributed by atoms with van der Waals surface area (Å²) in [6.45, 7) is 20.2. The van der Waals surface area contributed by atoms with Crippen molar-refractivity contribution in [3.63, 3.8) is 0 Å². The number of carbonyl (C=O) groups is 3. The van der Waals surface area contributed by atoms with Crippen LogP contribution in [0.4, 0.5) is 0 Å². The van der Waals surface area contributed by atoms with Crippen LogP contribution in [0.5, 0.6) is 0 Å². The fourth-order valence-electron chi connectivity index (χ4n) is 15.4. The van der Waals surface area contributed by atoms with Crippen LogP contribution in [0.15, 0.2) is 34.9 Å². The first-order chi connectivity index (χ1) is 32.6. The first-order valence-electron chi connectivity index (χ1n) is 25.5. The van der Waals surface area contributed by atoms with Gasteiger partial charge in [0.05, 0.1) is 48.6 Å². The van der Waals surface area contributed by atoms with E-state index in [9.17, 15) is 60.3 Å². The topological polar surface area (TPSA) is 279 Å². The third-order valence-corrected chi connectivity index (χ3v) is 20.0. The molecule has 0 amide bonds. The van der Waals surface area contributed by atoms with E-state index >= 15 is 0 Å². The Morgan fingerprint density at radius 2 is 1.37 bits per heavy atom. The molecule has 0 bridgehead atoms. The molecule has 1 heterocycles. The second kappa shape index (κ2) is 19.5. The van der Waals surface area contributed by atoms with Crippen molar-refractivity contribution in [3.05, 3.63) is 34.9 Å². The van der Waals surface area contributed by atoms with Gasteiger partial charge >= 0.3 is 17.9 Å². The molecular weight excluding hydrogens is 909 g/mol. The van der Waals surface area contributed by atoms with Gasteiger partial charge in [-0.25, -0.2) is 14.4 Å². The number of hydrogen-bond acceptors (Lipinski definition) is 16. The molecule has 0 radical (unpaired) electrons. The van der Waals surface area contributed by atoms with Crippen LogP contribution in [0.3, 0.4) is 0 Å². The van der Waals surface area contributed by atoms with Crippen molar-refractivity contribution in [3.8, 4) is 0 Å². The number of esters is 2. The average molecular weight is 991 g/mol. The summed E-state index contributed by atoms with van der Waals surface area (Å²) in [6, 6.07) is 0. The average Bonchev–Trinajstić information content (AvgIpc) is 3.30. The number of hydrogen-bond donors (Lipinski definition) is 9. The zero-order valence-electron chi connectivity index (χ0n) is 42.9.